The van der Waals surface area contributed by atoms with E-state index in [0.717, 1.165) is 19.4 Å². The smallest absolute Gasteiger partial charge is 0.224 e. The molecule has 1 aromatic carbocycles. The van der Waals surface area contributed by atoms with Crippen molar-refractivity contribution in [2.75, 3.05) is 17.2 Å². The summed E-state index contributed by atoms with van der Waals surface area (Å²) in [6.45, 7) is 4.76. The van der Waals surface area contributed by atoms with Crippen molar-refractivity contribution < 1.29 is 5.11 Å². The zero-order valence-electron chi connectivity index (χ0n) is 16.2. The Morgan fingerprint density at radius 1 is 1.32 bits per heavy atom. The lowest BCUT2D eigenvalue weighted by Crippen LogP contribution is -2.57. The van der Waals surface area contributed by atoms with Crippen molar-refractivity contribution in [3.63, 3.8) is 0 Å². The van der Waals surface area contributed by atoms with Crippen LogP contribution in [-0.2, 0) is 6.42 Å². The standard InChI is InChI=1S/C22H25N5O/c1-22(2)18(11-19(22)28)26-20-17(12-23)13-25-21(27-20)24-8-7-14-9-15-5-3-4-6-16(15)10-14/h3-6,9,13,18-19,28H,7-8,10-11H2,1-2H3,(H2,24,25,26,27)/t18-,19?/m1/s1. The van der Waals surface area contributed by atoms with Gasteiger partial charge >= 0.3 is 0 Å². The van der Waals surface area contributed by atoms with E-state index in [9.17, 15) is 10.4 Å². The molecule has 3 N–H and O–H groups in total. The molecule has 1 heterocycles. The van der Waals surface area contributed by atoms with Crippen molar-refractivity contribution >= 4 is 17.8 Å². The van der Waals surface area contributed by atoms with Gasteiger partial charge in [-0.25, -0.2) is 4.98 Å². The molecular formula is C22H25N5O. The highest BCUT2D eigenvalue weighted by Crippen LogP contribution is 2.42. The zero-order valence-corrected chi connectivity index (χ0v) is 16.2. The van der Waals surface area contributed by atoms with Gasteiger partial charge in [0.25, 0.3) is 0 Å². The third-order valence-electron chi connectivity index (χ3n) is 6.00. The molecule has 2 aromatic rings. The number of rotatable bonds is 6. The fourth-order valence-corrected chi connectivity index (χ4v) is 3.82. The molecule has 0 bridgehead atoms. The number of nitrogens with one attached hydrogen (secondary N) is 2. The van der Waals surface area contributed by atoms with E-state index in [1.165, 1.54) is 16.7 Å². The van der Waals surface area contributed by atoms with Gasteiger partial charge in [0, 0.05) is 18.0 Å². The van der Waals surface area contributed by atoms with Crippen LogP contribution in [0.3, 0.4) is 0 Å². The van der Waals surface area contributed by atoms with Gasteiger partial charge in [-0.1, -0.05) is 49.8 Å². The van der Waals surface area contributed by atoms with Gasteiger partial charge in [-0.05, 0) is 30.4 Å². The second-order valence-corrected chi connectivity index (χ2v) is 8.19. The third-order valence-corrected chi connectivity index (χ3v) is 6.00. The summed E-state index contributed by atoms with van der Waals surface area (Å²) in [5, 5.41) is 25.9. The Balaban J connectivity index is 1.37. The molecular weight excluding hydrogens is 350 g/mol. The Hall–Kier alpha value is -2.91. The lowest BCUT2D eigenvalue weighted by molar-refractivity contribution is -0.0511. The second-order valence-electron chi connectivity index (χ2n) is 8.19. The van der Waals surface area contributed by atoms with E-state index in [1.54, 1.807) is 6.20 Å². The molecule has 28 heavy (non-hydrogen) atoms. The van der Waals surface area contributed by atoms with Crippen LogP contribution in [0.2, 0.25) is 0 Å². The van der Waals surface area contributed by atoms with E-state index >= 15 is 0 Å². The first-order valence-electron chi connectivity index (χ1n) is 9.70. The summed E-state index contributed by atoms with van der Waals surface area (Å²) in [7, 11) is 0. The number of fused-ring (bicyclic) bond motifs is 1. The molecule has 0 aliphatic heterocycles. The average Bonchev–Trinajstić information content (AvgIpc) is 3.11. The van der Waals surface area contributed by atoms with Crippen LogP contribution in [0, 0.1) is 16.7 Å². The molecule has 4 rings (SSSR count). The zero-order chi connectivity index (χ0) is 19.7. The molecule has 1 saturated carbocycles. The van der Waals surface area contributed by atoms with Gasteiger partial charge in [0.05, 0.1) is 12.3 Å². The first-order valence-corrected chi connectivity index (χ1v) is 9.70. The van der Waals surface area contributed by atoms with Gasteiger partial charge in [0.1, 0.15) is 17.5 Å². The quantitative estimate of drug-likeness (QED) is 0.717. The predicted octanol–water partition coefficient (Wildman–Crippen LogP) is 3.36. The van der Waals surface area contributed by atoms with E-state index in [-0.39, 0.29) is 17.6 Å². The molecule has 2 aliphatic carbocycles. The number of benzene rings is 1. The van der Waals surface area contributed by atoms with Crippen molar-refractivity contribution in [1.29, 1.82) is 5.26 Å². The predicted molar refractivity (Wildman–Crippen MR) is 110 cm³/mol. The maximum Gasteiger partial charge on any atom is 0.224 e. The van der Waals surface area contributed by atoms with Crippen LogP contribution in [0.25, 0.3) is 6.08 Å². The van der Waals surface area contributed by atoms with Crippen molar-refractivity contribution in [2.24, 2.45) is 5.41 Å². The van der Waals surface area contributed by atoms with Gasteiger partial charge in [-0.15, -0.1) is 0 Å². The molecule has 144 valence electrons. The van der Waals surface area contributed by atoms with Gasteiger partial charge in [0.2, 0.25) is 5.95 Å². The summed E-state index contributed by atoms with van der Waals surface area (Å²) in [5.74, 6) is 1.03. The monoisotopic (exact) mass is 375 g/mol. The highest BCUT2D eigenvalue weighted by atomic mass is 16.3. The maximum absolute atomic E-state index is 9.93. The molecule has 1 fully saturated rings. The summed E-state index contributed by atoms with van der Waals surface area (Å²) in [4.78, 5) is 8.77. The molecule has 6 heteroatoms. The Morgan fingerprint density at radius 2 is 2.14 bits per heavy atom. The van der Waals surface area contributed by atoms with Gasteiger partial charge in [0.15, 0.2) is 0 Å². The average molecular weight is 375 g/mol. The maximum atomic E-state index is 9.93. The first kappa shape index (κ1) is 18.5. The Labute approximate surface area is 165 Å². The summed E-state index contributed by atoms with van der Waals surface area (Å²) >= 11 is 0. The van der Waals surface area contributed by atoms with E-state index in [2.05, 4.69) is 57.0 Å². The van der Waals surface area contributed by atoms with Crippen molar-refractivity contribution in [2.45, 2.75) is 45.3 Å². The van der Waals surface area contributed by atoms with Crippen molar-refractivity contribution in [1.82, 2.24) is 9.97 Å². The van der Waals surface area contributed by atoms with Crippen LogP contribution >= 0.6 is 0 Å². The van der Waals surface area contributed by atoms with Crippen molar-refractivity contribution in [3.05, 3.63) is 52.7 Å². The fourth-order valence-electron chi connectivity index (χ4n) is 3.82. The fraction of sp³-hybridized carbons (Fsp3) is 0.409. The van der Waals surface area contributed by atoms with Gasteiger partial charge in [-0.2, -0.15) is 10.2 Å². The van der Waals surface area contributed by atoms with Crippen LogP contribution in [0.5, 0.6) is 0 Å². The number of aliphatic hydroxyl groups is 1. The topological polar surface area (TPSA) is 93.9 Å². The largest absolute Gasteiger partial charge is 0.392 e. The van der Waals surface area contributed by atoms with Crippen LogP contribution < -0.4 is 10.6 Å². The van der Waals surface area contributed by atoms with Crippen molar-refractivity contribution in [3.8, 4) is 6.07 Å². The molecule has 0 spiro atoms. The molecule has 2 atom stereocenters. The minimum atomic E-state index is -0.334. The van der Waals surface area contributed by atoms with Crippen LogP contribution in [0.15, 0.2) is 36.0 Å². The number of nitrogens with zero attached hydrogens (tertiary/aromatic N) is 3. The minimum absolute atomic E-state index is 0.0829. The number of nitriles is 1. The summed E-state index contributed by atoms with van der Waals surface area (Å²) in [5.41, 5.74) is 4.25. The highest BCUT2D eigenvalue weighted by molar-refractivity contribution is 5.63. The minimum Gasteiger partial charge on any atom is -0.392 e. The normalized spacial score (nSPS) is 21.9. The Kier molecular flexibility index (Phi) is 4.78. The SMILES string of the molecule is CC1(C)C(O)C[C@H]1Nc1nc(NCCC2=Cc3ccccc3C2)ncc1C#N. The van der Waals surface area contributed by atoms with E-state index in [0.29, 0.717) is 23.8 Å². The molecule has 0 saturated heterocycles. The van der Waals surface area contributed by atoms with Crippen LogP contribution in [-0.4, -0.2) is 33.8 Å². The van der Waals surface area contributed by atoms with E-state index in [4.69, 9.17) is 0 Å². The molecule has 0 radical (unpaired) electrons. The number of aliphatic hydroxyl groups excluding tert-OH is 1. The molecule has 6 nitrogen and oxygen atoms in total. The number of anilines is 2. The summed E-state index contributed by atoms with van der Waals surface area (Å²) in [6.07, 6.45) is 6.04. The Morgan fingerprint density at radius 3 is 2.86 bits per heavy atom. The van der Waals surface area contributed by atoms with E-state index < -0.39 is 0 Å². The number of hydrogen-bond donors (Lipinski definition) is 3. The first-order chi connectivity index (χ1) is 13.5. The van der Waals surface area contributed by atoms with Crippen LogP contribution in [0.4, 0.5) is 11.8 Å². The third kappa shape index (κ3) is 3.46. The van der Waals surface area contributed by atoms with E-state index in [1.807, 2.05) is 13.8 Å². The lowest BCUT2D eigenvalue weighted by atomic mass is 9.64. The summed E-state index contributed by atoms with van der Waals surface area (Å²) < 4.78 is 0. The van der Waals surface area contributed by atoms with Crippen LogP contribution in [0.1, 0.15) is 43.4 Å². The molecule has 1 aromatic heterocycles. The molecule has 1 unspecified atom stereocenters. The van der Waals surface area contributed by atoms with Gasteiger partial charge < -0.3 is 15.7 Å². The number of aromatic nitrogens is 2. The Bertz CT molecular complexity index is 960. The van der Waals surface area contributed by atoms with Gasteiger partial charge in [-0.3, -0.25) is 0 Å². The summed E-state index contributed by atoms with van der Waals surface area (Å²) in [6, 6.07) is 10.7. The second kappa shape index (κ2) is 7.25. The molecule has 0 amide bonds. The number of hydrogen-bond acceptors (Lipinski definition) is 6. The molecule has 2 aliphatic rings. The lowest BCUT2D eigenvalue weighted by Gasteiger charge is -2.49. The highest BCUT2D eigenvalue weighted by Gasteiger charge is 2.47.